The van der Waals surface area contributed by atoms with Gasteiger partial charge >= 0.3 is 0 Å². The first-order valence-electron chi connectivity index (χ1n) is 4.55. The van der Waals surface area contributed by atoms with Gasteiger partial charge < -0.3 is 0 Å². The van der Waals surface area contributed by atoms with E-state index in [2.05, 4.69) is 13.5 Å². The molecule has 0 spiro atoms. The molecule has 1 aliphatic rings. The summed E-state index contributed by atoms with van der Waals surface area (Å²) in [5, 5.41) is 0. The standard InChI is InChI=1S/C11H16O/c1-3-4-5-10-6-9(2)7-11(12)8-10/h3,8-9H,1,4-7H2,2H3. The fourth-order valence-corrected chi connectivity index (χ4v) is 1.67. The Balaban J connectivity index is 2.51. The van der Waals surface area contributed by atoms with Gasteiger partial charge in [0.2, 0.25) is 0 Å². The van der Waals surface area contributed by atoms with Crippen LogP contribution in [0, 0.1) is 5.92 Å². The van der Waals surface area contributed by atoms with E-state index < -0.39 is 0 Å². The van der Waals surface area contributed by atoms with Crippen LogP contribution in [0.5, 0.6) is 0 Å². The maximum Gasteiger partial charge on any atom is 0.155 e. The molecular formula is C11H16O. The Hall–Kier alpha value is -0.850. The van der Waals surface area contributed by atoms with E-state index in [9.17, 15) is 4.79 Å². The molecule has 12 heavy (non-hydrogen) atoms. The molecule has 0 amide bonds. The number of allylic oxidation sites excluding steroid dienone is 3. The maximum absolute atomic E-state index is 11.1. The van der Waals surface area contributed by atoms with E-state index in [1.54, 1.807) is 0 Å². The molecule has 0 bridgehead atoms. The quantitative estimate of drug-likeness (QED) is 0.586. The molecule has 1 unspecified atom stereocenters. The van der Waals surface area contributed by atoms with Crippen molar-refractivity contribution < 1.29 is 4.79 Å². The molecule has 0 radical (unpaired) electrons. The van der Waals surface area contributed by atoms with E-state index in [4.69, 9.17) is 0 Å². The molecule has 0 aliphatic heterocycles. The highest BCUT2D eigenvalue weighted by atomic mass is 16.1. The Labute approximate surface area is 74.2 Å². The van der Waals surface area contributed by atoms with Gasteiger partial charge in [-0.15, -0.1) is 6.58 Å². The van der Waals surface area contributed by atoms with Crippen molar-refractivity contribution in [1.29, 1.82) is 0 Å². The Bertz CT molecular complexity index is 213. The van der Waals surface area contributed by atoms with Gasteiger partial charge in [-0.25, -0.2) is 0 Å². The van der Waals surface area contributed by atoms with Gasteiger partial charge in [-0.2, -0.15) is 0 Å². The molecule has 0 aromatic heterocycles. The van der Waals surface area contributed by atoms with Crippen LogP contribution < -0.4 is 0 Å². The Kier molecular flexibility index (Phi) is 3.27. The average molecular weight is 164 g/mol. The molecule has 0 saturated heterocycles. The summed E-state index contributed by atoms with van der Waals surface area (Å²) in [5.41, 5.74) is 1.30. The lowest BCUT2D eigenvalue weighted by molar-refractivity contribution is -0.115. The minimum atomic E-state index is 0.299. The summed E-state index contributed by atoms with van der Waals surface area (Å²) >= 11 is 0. The van der Waals surface area contributed by atoms with Gasteiger partial charge in [-0.05, 0) is 31.3 Å². The predicted molar refractivity (Wildman–Crippen MR) is 50.9 cm³/mol. The monoisotopic (exact) mass is 164 g/mol. The van der Waals surface area contributed by atoms with Crippen molar-refractivity contribution >= 4 is 5.78 Å². The summed E-state index contributed by atoms with van der Waals surface area (Å²) in [4.78, 5) is 11.1. The van der Waals surface area contributed by atoms with Crippen molar-refractivity contribution in [2.45, 2.75) is 32.6 Å². The van der Waals surface area contributed by atoms with Gasteiger partial charge in [0.15, 0.2) is 5.78 Å². The summed E-state index contributed by atoms with van der Waals surface area (Å²) in [6.45, 7) is 5.81. The first-order valence-corrected chi connectivity index (χ1v) is 4.55. The van der Waals surface area contributed by atoms with Crippen LogP contribution in [0.3, 0.4) is 0 Å². The molecule has 0 N–H and O–H groups in total. The van der Waals surface area contributed by atoms with Crippen molar-refractivity contribution in [2.75, 3.05) is 0 Å². The molecule has 0 fully saturated rings. The summed E-state index contributed by atoms with van der Waals surface area (Å²) < 4.78 is 0. The van der Waals surface area contributed by atoms with Gasteiger partial charge in [-0.1, -0.05) is 18.6 Å². The number of hydrogen-bond acceptors (Lipinski definition) is 1. The second-order valence-electron chi connectivity index (χ2n) is 3.61. The molecule has 1 rings (SSSR count). The largest absolute Gasteiger partial charge is 0.295 e. The fourth-order valence-electron chi connectivity index (χ4n) is 1.67. The third-order valence-corrected chi connectivity index (χ3v) is 2.19. The van der Waals surface area contributed by atoms with Gasteiger partial charge in [-0.3, -0.25) is 4.79 Å². The number of carbonyl (C=O) groups is 1. The molecule has 66 valence electrons. The first kappa shape index (κ1) is 9.24. The topological polar surface area (TPSA) is 17.1 Å². The lowest BCUT2D eigenvalue weighted by atomic mass is 9.87. The number of ketones is 1. The van der Waals surface area contributed by atoms with E-state index in [1.807, 2.05) is 12.2 Å². The molecular weight excluding hydrogens is 148 g/mol. The van der Waals surface area contributed by atoms with E-state index >= 15 is 0 Å². The normalized spacial score (nSPS) is 23.6. The third kappa shape index (κ3) is 2.65. The van der Waals surface area contributed by atoms with Gasteiger partial charge in [0.1, 0.15) is 0 Å². The third-order valence-electron chi connectivity index (χ3n) is 2.19. The highest BCUT2D eigenvalue weighted by molar-refractivity contribution is 5.91. The summed E-state index contributed by atoms with van der Waals surface area (Å²) in [6.07, 6.45) is 7.57. The van der Waals surface area contributed by atoms with Crippen LogP contribution in [-0.2, 0) is 4.79 Å². The lowest BCUT2D eigenvalue weighted by Gasteiger charge is -2.17. The fraction of sp³-hybridized carbons (Fsp3) is 0.545. The van der Waals surface area contributed by atoms with Crippen LogP contribution in [-0.4, -0.2) is 5.78 Å². The Morgan fingerprint density at radius 1 is 1.67 bits per heavy atom. The molecule has 0 aromatic carbocycles. The smallest absolute Gasteiger partial charge is 0.155 e. The zero-order valence-electron chi connectivity index (χ0n) is 7.68. The zero-order valence-corrected chi connectivity index (χ0v) is 7.68. The molecule has 0 saturated carbocycles. The minimum absolute atomic E-state index is 0.299. The predicted octanol–water partition coefficient (Wildman–Crippen LogP) is 2.88. The van der Waals surface area contributed by atoms with Gasteiger partial charge in [0, 0.05) is 6.42 Å². The van der Waals surface area contributed by atoms with Gasteiger partial charge in [0.25, 0.3) is 0 Å². The molecule has 0 aromatic rings. The highest BCUT2D eigenvalue weighted by Crippen LogP contribution is 2.24. The van der Waals surface area contributed by atoms with E-state index in [1.165, 1.54) is 5.57 Å². The molecule has 1 nitrogen and oxygen atoms in total. The van der Waals surface area contributed by atoms with Crippen LogP contribution in [0.1, 0.15) is 32.6 Å². The Morgan fingerprint density at radius 3 is 3.00 bits per heavy atom. The van der Waals surface area contributed by atoms with Crippen molar-refractivity contribution in [3.05, 3.63) is 24.3 Å². The SMILES string of the molecule is C=CCCC1=CC(=O)CC(C)C1. The molecule has 1 aliphatic carbocycles. The maximum atomic E-state index is 11.1. The zero-order chi connectivity index (χ0) is 8.97. The summed E-state index contributed by atoms with van der Waals surface area (Å²) in [6, 6.07) is 0. The number of hydrogen-bond donors (Lipinski definition) is 0. The summed E-state index contributed by atoms with van der Waals surface area (Å²) in [5.74, 6) is 0.843. The van der Waals surface area contributed by atoms with Crippen LogP contribution in [0.4, 0.5) is 0 Å². The summed E-state index contributed by atoms with van der Waals surface area (Å²) in [7, 11) is 0. The molecule has 1 heteroatoms. The first-order chi connectivity index (χ1) is 5.72. The average Bonchev–Trinajstić information content (AvgIpc) is 1.99. The van der Waals surface area contributed by atoms with Gasteiger partial charge in [0.05, 0.1) is 0 Å². The number of carbonyl (C=O) groups excluding carboxylic acids is 1. The van der Waals surface area contributed by atoms with Crippen LogP contribution in [0.25, 0.3) is 0 Å². The molecule has 1 atom stereocenters. The molecule has 0 heterocycles. The van der Waals surface area contributed by atoms with E-state index in [0.29, 0.717) is 11.7 Å². The van der Waals surface area contributed by atoms with Crippen LogP contribution in [0.2, 0.25) is 0 Å². The Morgan fingerprint density at radius 2 is 2.42 bits per heavy atom. The second kappa shape index (κ2) is 4.24. The lowest BCUT2D eigenvalue weighted by Crippen LogP contribution is -2.11. The van der Waals surface area contributed by atoms with Crippen molar-refractivity contribution in [3.63, 3.8) is 0 Å². The van der Waals surface area contributed by atoms with Crippen molar-refractivity contribution in [1.82, 2.24) is 0 Å². The van der Waals surface area contributed by atoms with Crippen LogP contribution >= 0.6 is 0 Å². The minimum Gasteiger partial charge on any atom is -0.295 e. The number of rotatable bonds is 3. The van der Waals surface area contributed by atoms with E-state index in [0.717, 1.165) is 25.7 Å². The van der Waals surface area contributed by atoms with Crippen molar-refractivity contribution in [3.8, 4) is 0 Å². The van der Waals surface area contributed by atoms with E-state index in [-0.39, 0.29) is 0 Å². The van der Waals surface area contributed by atoms with Crippen molar-refractivity contribution in [2.24, 2.45) is 5.92 Å². The highest BCUT2D eigenvalue weighted by Gasteiger charge is 2.15. The van der Waals surface area contributed by atoms with Crippen LogP contribution in [0.15, 0.2) is 24.3 Å². The second-order valence-corrected chi connectivity index (χ2v) is 3.61.